The van der Waals surface area contributed by atoms with Gasteiger partial charge in [0.15, 0.2) is 0 Å². The molecule has 0 saturated carbocycles. The third kappa shape index (κ3) is 8.48. The molecule has 4 heteroatoms. The summed E-state index contributed by atoms with van der Waals surface area (Å²) >= 11 is 0. The molecule has 4 nitrogen and oxygen atoms in total. The van der Waals surface area contributed by atoms with Crippen molar-refractivity contribution in [2.45, 2.75) is 34.1 Å². The normalized spacial score (nSPS) is 10.5. The van der Waals surface area contributed by atoms with E-state index in [2.05, 4.69) is 6.58 Å². The molecular weight excluding hydrogens is 220 g/mol. The van der Waals surface area contributed by atoms with E-state index in [9.17, 15) is 9.59 Å². The van der Waals surface area contributed by atoms with Crippen molar-refractivity contribution in [3.63, 3.8) is 0 Å². The summed E-state index contributed by atoms with van der Waals surface area (Å²) in [7, 11) is 0. The van der Waals surface area contributed by atoms with Gasteiger partial charge < -0.3 is 9.47 Å². The highest BCUT2D eigenvalue weighted by atomic mass is 16.5. The van der Waals surface area contributed by atoms with Crippen LogP contribution in [0.15, 0.2) is 12.2 Å². The van der Waals surface area contributed by atoms with Gasteiger partial charge in [0.05, 0.1) is 19.6 Å². The topological polar surface area (TPSA) is 52.6 Å². The highest BCUT2D eigenvalue weighted by Gasteiger charge is 2.14. The molecule has 0 heterocycles. The molecule has 0 radical (unpaired) electrons. The van der Waals surface area contributed by atoms with Crippen molar-refractivity contribution in [2.75, 3.05) is 13.2 Å². The van der Waals surface area contributed by atoms with E-state index < -0.39 is 11.9 Å². The first-order chi connectivity index (χ1) is 7.82. The molecule has 0 aliphatic rings. The molecule has 0 aliphatic carbocycles. The second-order valence-corrected chi connectivity index (χ2v) is 4.85. The number of carbonyl (C=O) groups is 2. The summed E-state index contributed by atoms with van der Waals surface area (Å²) in [4.78, 5) is 22.7. The minimum Gasteiger partial charge on any atom is -0.465 e. The molecule has 0 aliphatic heterocycles. The van der Waals surface area contributed by atoms with Crippen LogP contribution in [0.1, 0.15) is 34.1 Å². The van der Waals surface area contributed by atoms with Crippen LogP contribution in [0.5, 0.6) is 0 Å². The summed E-state index contributed by atoms with van der Waals surface area (Å²) in [6, 6.07) is 0. The van der Waals surface area contributed by atoms with Gasteiger partial charge in [0.25, 0.3) is 0 Å². The lowest BCUT2D eigenvalue weighted by molar-refractivity contribution is -0.147. The number of hydrogen-bond acceptors (Lipinski definition) is 4. The van der Waals surface area contributed by atoms with E-state index in [-0.39, 0.29) is 23.8 Å². The van der Waals surface area contributed by atoms with Crippen molar-refractivity contribution in [1.29, 1.82) is 0 Å². The summed E-state index contributed by atoms with van der Waals surface area (Å²) in [5.41, 5.74) is 0.138. The molecule has 0 rings (SSSR count). The number of carbonyl (C=O) groups excluding carboxylic acids is 2. The van der Waals surface area contributed by atoms with Gasteiger partial charge in [-0.3, -0.25) is 4.79 Å². The molecule has 0 spiro atoms. The monoisotopic (exact) mass is 242 g/mol. The lowest BCUT2D eigenvalue weighted by Crippen LogP contribution is -2.16. The number of esters is 2. The number of rotatable bonds is 7. The van der Waals surface area contributed by atoms with Crippen molar-refractivity contribution < 1.29 is 19.1 Å². The standard InChI is InChI=1S/C13H22O4/c1-9(2)7-16-12(14)6-11(5)13(15)17-8-10(3)4/h9-10H,5-8H2,1-4H3. The quantitative estimate of drug-likeness (QED) is 0.508. The van der Waals surface area contributed by atoms with E-state index in [1.54, 1.807) is 0 Å². The minimum atomic E-state index is -0.528. The zero-order valence-corrected chi connectivity index (χ0v) is 11.1. The Bertz CT molecular complexity index is 279. The van der Waals surface area contributed by atoms with E-state index in [0.29, 0.717) is 13.2 Å². The lowest BCUT2D eigenvalue weighted by Gasteiger charge is -2.10. The molecule has 0 bridgehead atoms. The van der Waals surface area contributed by atoms with E-state index in [1.807, 2.05) is 27.7 Å². The molecule has 98 valence electrons. The maximum absolute atomic E-state index is 11.4. The Morgan fingerprint density at radius 2 is 1.47 bits per heavy atom. The summed E-state index contributed by atoms with van der Waals surface area (Å²) in [6.07, 6.45) is -0.107. The molecule has 0 amide bonds. The molecule has 0 aromatic heterocycles. The van der Waals surface area contributed by atoms with Gasteiger partial charge in [-0.1, -0.05) is 34.3 Å². The van der Waals surface area contributed by atoms with E-state index in [1.165, 1.54) is 0 Å². The SMILES string of the molecule is C=C(CC(=O)OCC(C)C)C(=O)OCC(C)C. The van der Waals surface area contributed by atoms with Crippen molar-refractivity contribution in [3.8, 4) is 0 Å². The maximum Gasteiger partial charge on any atom is 0.333 e. The second kappa shape index (κ2) is 7.87. The molecule has 0 saturated heterocycles. The highest BCUT2D eigenvalue weighted by molar-refractivity contribution is 5.93. The van der Waals surface area contributed by atoms with Crippen molar-refractivity contribution in [1.82, 2.24) is 0 Å². The van der Waals surface area contributed by atoms with E-state index in [4.69, 9.17) is 9.47 Å². The van der Waals surface area contributed by atoms with Gasteiger partial charge in [-0.25, -0.2) is 4.79 Å². The Hall–Kier alpha value is -1.32. The van der Waals surface area contributed by atoms with Crippen molar-refractivity contribution in [2.24, 2.45) is 11.8 Å². The third-order valence-corrected chi connectivity index (χ3v) is 1.77. The van der Waals surface area contributed by atoms with Crippen LogP contribution < -0.4 is 0 Å². The zero-order chi connectivity index (χ0) is 13.4. The fraction of sp³-hybridized carbons (Fsp3) is 0.692. The Labute approximate surface area is 103 Å². The number of ether oxygens (including phenoxy) is 2. The van der Waals surface area contributed by atoms with Crippen LogP contribution in [0, 0.1) is 11.8 Å². The lowest BCUT2D eigenvalue weighted by atomic mass is 10.2. The molecular formula is C13H22O4. The molecule has 0 atom stereocenters. The van der Waals surface area contributed by atoms with Gasteiger partial charge in [0.2, 0.25) is 0 Å². The third-order valence-electron chi connectivity index (χ3n) is 1.77. The summed E-state index contributed by atoms with van der Waals surface area (Å²) in [5, 5.41) is 0. The van der Waals surface area contributed by atoms with Crippen molar-refractivity contribution >= 4 is 11.9 Å². The van der Waals surface area contributed by atoms with Gasteiger partial charge >= 0.3 is 11.9 Å². The predicted molar refractivity (Wildman–Crippen MR) is 65.4 cm³/mol. The van der Waals surface area contributed by atoms with E-state index >= 15 is 0 Å². The van der Waals surface area contributed by atoms with Crippen LogP contribution in [0.3, 0.4) is 0 Å². The van der Waals surface area contributed by atoms with Gasteiger partial charge in [-0.05, 0) is 11.8 Å². The van der Waals surface area contributed by atoms with Gasteiger partial charge in [-0.15, -0.1) is 0 Å². The van der Waals surface area contributed by atoms with Gasteiger partial charge in [0.1, 0.15) is 0 Å². The van der Waals surface area contributed by atoms with Crippen LogP contribution in [-0.4, -0.2) is 25.2 Å². The highest BCUT2D eigenvalue weighted by Crippen LogP contribution is 2.05. The van der Waals surface area contributed by atoms with Crippen LogP contribution in [0.2, 0.25) is 0 Å². The molecule has 0 fully saturated rings. The van der Waals surface area contributed by atoms with E-state index in [0.717, 1.165) is 0 Å². The van der Waals surface area contributed by atoms with Crippen LogP contribution in [0.25, 0.3) is 0 Å². The van der Waals surface area contributed by atoms with Gasteiger partial charge in [0, 0.05) is 5.57 Å². The minimum absolute atomic E-state index is 0.107. The van der Waals surface area contributed by atoms with Gasteiger partial charge in [-0.2, -0.15) is 0 Å². The Balaban J connectivity index is 3.91. The molecule has 0 unspecified atom stereocenters. The fourth-order valence-electron chi connectivity index (χ4n) is 0.901. The molecule has 17 heavy (non-hydrogen) atoms. The van der Waals surface area contributed by atoms with Crippen LogP contribution >= 0.6 is 0 Å². The number of hydrogen-bond donors (Lipinski definition) is 0. The molecule has 0 aromatic carbocycles. The smallest absolute Gasteiger partial charge is 0.333 e. The first kappa shape index (κ1) is 15.7. The zero-order valence-electron chi connectivity index (χ0n) is 11.1. The summed E-state index contributed by atoms with van der Waals surface area (Å²) < 4.78 is 9.89. The fourth-order valence-corrected chi connectivity index (χ4v) is 0.901. The first-order valence-corrected chi connectivity index (χ1v) is 5.83. The first-order valence-electron chi connectivity index (χ1n) is 5.83. The maximum atomic E-state index is 11.4. The molecule has 0 N–H and O–H groups in total. The Kier molecular flexibility index (Phi) is 7.26. The summed E-state index contributed by atoms with van der Waals surface area (Å²) in [5.74, 6) is -0.426. The largest absolute Gasteiger partial charge is 0.465 e. The van der Waals surface area contributed by atoms with Crippen molar-refractivity contribution in [3.05, 3.63) is 12.2 Å². The predicted octanol–water partition coefficient (Wildman–Crippen LogP) is 2.33. The average molecular weight is 242 g/mol. The molecule has 0 aromatic rings. The Morgan fingerprint density at radius 1 is 1.00 bits per heavy atom. The van der Waals surface area contributed by atoms with Crippen LogP contribution in [0.4, 0.5) is 0 Å². The average Bonchev–Trinajstić information content (AvgIpc) is 2.22. The second-order valence-electron chi connectivity index (χ2n) is 4.85. The summed E-state index contributed by atoms with van der Waals surface area (Å²) in [6.45, 7) is 12.0. The Morgan fingerprint density at radius 3 is 1.94 bits per heavy atom. The van der Waals surface area contributed by atoms with Crippen LogP contribution in [-0.2, 0) is 19.1 Å².